The Morgan fingerprint density at radius 1 is 1.55 bits per heavy atom. The first-order valence-corrected chi connectivity index (χ1v) is 4.15. The van der Waals surface area contributed by atoms with Gasteiger partial charge >= 0.3 is 0 Å². The highest BCUT2D eigenvalue weighted by molar-refractivity contribution is 4.78. The van der Waals surface area contributed by atoms with Gasteiger partial charge in [0, 0.05) is 13.6 Å². The molecule has 0 heterocycles. The average molecular weight is 159 g/mol. The van der Waals surface area contributed by atoms with Crippen LogP contribution in [0, 0.1) is 5.92 Å². The highest BCUT2D eigenvalue weighted by Gasteiger charge is 2.01. The lowest BCUT2D eigenvalue weighted by Crippen LogP contribution is -2.11. The van der Waals surface area contributed by atoms with Gasteiger partial charge in [-0.15, -0.1) is 9.60 Å². The van der Waals surface area contributed by atoms with Crippen molar-refractivity contribution in [2.75, 3.05) is 13.6 Å². The third kappa shape index (κ3) is 7.53. The molecule has 0 N–H and O–H groups in total. The number of hydrogen-bond acceptors (Lipinski definition) is 1. The summed E-state index contributed by atoms with van der Waals surface area (Å²) in [5.41, 5.74) is 0. The lowest BCUT2D eigenvalue weighted by atomic mass is 10.0. The molecule has 0 aromatic rings. The van der Waals surface area contributed by atoms with E-state index in [0.717, 1.165) is 18.0 Å². The van der Waals surface area contributed by atoms with Gasteiger partial charge in [0.2, 0.25) is 0 Å². The van der Waals surface area contributed by atoms with Crippen molar-refractivity contribution < 1.29 is 4.48 Å². The second-order valence-electron chi connectivity index (χ2n) is 3.03. The van der Waals surface area contributed by atoms with Crippen LogP contribution >= 0.6 is 0 Å². The molecule has 0 aliphatic heterocycles. The van der Waals surface area contributed by atoms with Crippen LogP contribution in [0.3, 0.4) is 0 Å². The summed E-state index contributed by atoms with van der Waals surface area (Å²) in [7, 11) is 1.46. The molecule has 0 saturated carbocycles. The molecule has 1 unspecified atom stereocenters. The van der Waals surface area contributed by atoms with E-state index in [0.29, 0.717) is 12.5 Å². The summed E-state index contributed by atoms with van der Waals surface area (Å²) in [6, 6.07) is 0. The van der Waals surface area contributed by atoms with Crippen LogP contribution in [0.5, 0.6) is 0 Å². The molecule has 66 valence electrons. The van der Waals surface area contributed by atoms with E-state index in [1.54, 1.807) is 0 Å². The summed E-state index contributed by atoms with van der Waals surface area (Å²) in [5, 5.41) is 0.742. The van der Waals surface area contributed by atoms with Gasteiger partial charge in [-0.05, 0) is 25.7 Å². The number of rotatable bonds is 5. The maximum absolute atomic E-state index is 12.2. The van der Waals surface area contributed by atoms with Crippen molar-refractivity contribution >= 4 is 0 Å². The fraction of sp³-hybridized carbons (Fsp3) is 0.778. The molecule has 0 aliphatic rings. The van der Waals surface area contributed by atoms with Crippen molar-refractivity contribution in [2.24, 2.45) is 5.92 Å². The summed E-state index contributed by atoms with van der Waals surface area (Å²) in [6.45, 7) is 4.69. The van der Waals surface area contributed by atoms with Gasteiger partial charge in [-0.3, -0.25) is 0 Å². The Morgan fingerprint density at radius 3 is 2.64 bits per heavy atom. The number of allylic oxidation sites excluding steroid dienone is 2. The molecule has 0 fully saturated rings. The second-order valence-corrected chi connectivity index (χ2v) is 3.03. The predicted octanol–water partition coefficient (Wildman–Crippen LogP) is 2.80. The van der Waals surface area contributed by atoms with Crippen LogP contribution in [0.4, 0.5) is 4.48 Å². The quantitative estimate of drug-likeness (QED) is 0.440. The van der Waals surface area contributed by atoms with Gasteiger partial charge in [0.25, 0.3) is 0 Å². The smallest absolute Gasteiger partial charge is 0.0289 e. The van der Waals surface area contributed by atoms with E-state index in [-0.39, 0.29) is 0 Å². The molecule has 0 bridgehead atoms. The van der Waals surface area contributed by atoms with Crippen LogP contribution in [0.1, 0.15) is 26.7 Å². The molecule has 0 rings (SSSR count). The minimum atomic E-state index is 0.540. The SMILES string of the molecule is C/C=C/CC(C)CCN(C)F. The summed E-state index contributed by atoms with van der Waals surface area (Å²) in [5.74, 6) is 0.587. The largest absolute Gasteiger partial charge is 0.149 e. The van der Waals surface area contributed by atoms with Crippen LogP contribution in [-0.4, -0.2) is 18.7 Å². The van der Waals surface area contributed by atoms with Crippen molar-refractivity contribution in [1.29, 1.82) is 0 Å². The zero-order valence-electron chi connectivity index (χ0n) is 7.68. The Morgan fingerprint density at radius 2 is 2.18 bits per heavy atom. The molecule has 0 radical (unpaired) electrons. The van der Waals surface area contributed by atoms with Gasteiger partial charge in [-0.25, -0.2) is 0 Å². The third-order valence-corrected chi connectivity index (χ3v) is 1.70. The van der Waals surface area contributed by atoms with E-state index in [4.69, 9.17) is 0 Å². The van der Waals surface area contributed by atoms with Gasteiger partial charge in [0.1, 0.15) is 0 Å². The van der Waals surface area contributed by atoms with Gasteiger partial charge in [-0.1, -0.05) is 19.1 Å². The van der Waals surface area contributed by atoms with E-state index in [9.17, 15) is 4.48 Å². The fourth-order valence-corrected chi connectivity index (χ4v) is 0.885. The second kappa shape index (κ2) is 6.35. The number of nitrogens with zero attached hydrogens (tertiary/aromatic N) is 1. The standard InChI is InChI=1S/C9H18FN/c1-4-5-6-9(2)7-8-11(3)10/h4-5,9H,6-8H2,1-3H3/b5-4+. The molecular formula is C9H18FN. The normalized spacial score (nSPS) is 14.6. The number of hydrogen-bond donors (Lipinski definition) is 0. The van der Waals surface area contributed by atoms with Gasteiger partial charge in [0.15, 0.2) is 0 Å². The minimum absolute atomic E-state index is 0.540. The molecule has 0 aliphatic carbocycles. The zero-order valence-corrected chi connectivity index (χ0v) is 7.68. The minimum Gasteiger partial charge on any atom is -0.149 e. The molecule has 0 saturated heterocycles. The van der Waals surface area contributed by atoms with E-state index in [1.165, 1.54) is 7.05 Å². The first-order chi connectivity index (χ1) is 5.16. The molecule has 0 amide bonds. The van der Waals surface area contributed by atoms with E-state index in [1.807, 2.05) is 13.0 Å². The van der Waals surface area contributed by atoms with Crippen LogP contribution in [0.2, 0.25) is 0 Å². The first kappa shape index (κ1) is 10.6. The maximum atomic E-state index is 12.2. The molecule has 0 spiro atoms. The molecule has 1 atom stereocenters. The number of halogens is 1. The Labute approximate surface area is 68.8 Å². The Bertz CT molecular complexity index is 110. The van der Waals surface area contributed by atoms with Gasteiger partial charge < -0.3 is 0 Å². The van der Waals surface area contributed by atoms with Crippen LogP contribution < -0.4 is 0 Å². The summed E-state index contributed by atoms with van der Waals surface area (Å²) in [6.07, 6.45) is 6.15. The van der Waals surface area contributed by atoms with Crippen LogP contribution in [0.25, 0.3) is 0 Å². The highest BCUT2D eigenvalue weighted by Crippen LogP contribution is 2.08. The van der Waals surface area contributed by atoms with E-state index < -0.39 is 0 Å². The Kier molecular flexibility index (Phi) is 6.13. The molecule has 0 aromatic carbocycles. The topological polar surface area (TPSA) is 3.24 Å². The highest BCUT2D eigenvalue weighted by atomic mass is 19.2. The van der Waals surface area contributed by atoms with Crippen LogP contribution in [-0.2, 0) is 0 Å². The lowest BCUT2D eigenvalue weighted by Gasteiger charge is -2.09. The van der Waals surface area contributed by atoms with Gasteiger partial charge in [0.05, 0.1) is 0 Å². The Hall–Kier alpha value is -0.370. The molecule has 0 aromatic heterocycles. The zero-order chi connectivity index (χ0) is 8.69. The fourth-order valence-electron chi connectivity index (χ4n) is 0.885. The van der Waals surface area contributed by atoms with Gasteiger partial charge in [-0.2, -0.15) is 0 Å². The average Bonchev–Trinajstić information content (AvgIpc) is 1.97. The van der Waals surface area contributed by atoms with Crippen molar-refractivity contribution in [3.63, 3.8) is 0 Å². The van der Waals surface area contributed by atoms with Crippen molar-refractivity contribution in [1.82, 2.24) is 5.12 Å². The maximum Gasteiger partial charge on any atom is 0.0289 e. The predicted molar refractivity (Wildman–Crippen MR) is 47.0 cm³/mol. The summed E-state index contributed by atoms with van der Waals surface area (Å²) in [4.78, 5) is 0. The molecular weight excluding hydrogens is 141 g/mol. The summed E-state index contributed by atoms with van der Waals surface area (Å²) < 4.78 is 12.2. The summed E-state index contributed by atoms with van der Waals surface area (Å²) >= 11 is 0. The van der Waals surface area contributed by atoms with E-state index >= 15 is 0 Å². The molecule has 11 heavy (non-hydrogen) atoms. The monoisotopic (exact) mass is 159 g/mol. The molecule has 1 nitrogen and oxygen atoms in total. The third-order valence-electron chi connectivity index (χ3n) is 1.70. The van der Waals surface area contributed by atoms with E-state index in [2.05, 4.69) is 13.0 Å². The van der Waals surface area contributed by atoms with Crippen LogP contribution in [0.15, 0.2) is 12.2 Å². The van der Waals surface area contributed by atoms with Crippen molar-refractivity contribution in [3.05, 3.63) is 12.2 Å². The lowest BCUT2D eigenvalue weighted by molar-refractivity contribution is 0.0540. The Balaban J connectivity index is 3.29. The van der Waals surface area contributed by atoms with Crippen molar-refractivity contribution in [2.45, 2.75) is 26.7 Å². The van der Waals surface area contributed by atoms with Crippen molar-refractivity contribution in [3.8, 4) is 0 Å². The molecule has 2 heteroatoms. The first-order valence-electron chi connectivity index (χ1n) is 4.15.